The molecule has 1 aromatic heterocycles. The summed E-state index contributed by atoms with van der Waals surface area (Å²) in [6.45, 7) is 5.85. The van der Waals surface area contributed by atoms with Crippen LogP contribution in [0.3, 0.4) is 0 Å². The van der Waals surface area contributed by atoms with Crippen LogP contribution in [0, 0.1) is 22.7 Å². The van der Waals surface area contributed by atoms with Crippen LogP contribution in [0.2, 0.25) is 0 Å². The minimum Gasteiger partial charge on any atom is -0.472 e. The number of cyclic esters (lactones) is 1. The summed E-state index contributed by atoms with van der Waals surface area (Å²) >= 11 is 0. The van der Waals surface area contributed by atoms with Crippen molar-refractivity contribution in [3.8, 4) is 0 Å². The maximum Gasteiger partial charge on any atom is 0.310 e. The van der Waals surface area contributed by atoms with Crippen molar-refractivity contribution >= 4 is 11.8 Å². The quantitative estimate of drug-likeness (QED) is 0.789. The van der Waals surface area contributed by atoms with Gasteiger partial charge in [-0.3, -0.25) is 9.59 Å². The zero-order valence-electron chi connectivity index (χ0n) is 15.1. The number of rotatable bonds is 1. The number of carbonyl (C=O) groups is 2. The highest BCUT2D eigenvalue weighted by Crippen LogP contribution is 2.65. The molecule has 6 atom stereocenters. The van der Waals surface area contributed by atoms with Crippen LogP contribution in [0.1, 0.15) is 64.5 Å². The van der Waals surface area contributed by atoms with Crippen molar-refractivity contribution in [2.24, 2.45) is 22.7 Å². The highest BCUT2D eigenvalue weighted by molar-refractivity contribution is 5.89. The summed E-state index contributed by atoms with van der Waals surface area (Å²) in [6, 6.07) is 1.84. The van der Waals surface area contributed by atoms with Crippen LogP contribution in [0.25, 0.3) is 0 Å². The molecule has 2 aliphatic carbocycles. The molecule has 4 rings (SSSR count). The van der Waals surface area contributed by atoms with Crippen LogP contribution >= 0.6 is 0 Å². The molecule has 136 valence electrons. The molecule has 2 saturated carbocycles. The largest absolute Gasteiger partial charge is 0.472 e. The van der Waals surface area contributed by atoms with Gasteiger partial charge in [-0.25, -0.2) is 0 Å². The second kappa shape index (κ2) is 5.19. The molecule has 0 spiro atoms. The number of Topliss-reactive ketones (excluding diaryl/α,β-unsaturated/α-hetero) is 1. The van der Waals surface area contributed by atoms with Crippen LogP contribution in [0.5, 0.6) is 0 Å². The lowest BCUT2D eigenvalue weighted by atomic mass is 9.42. The van der Waals surface area contributed by atoms with Crippen LogP contribution in [0.4, 0.5) is 0 Å². The van der Waals surface area contributed by atoms with E-state index in [9.17, 15) is 14.7 Å². The molecule has 5 nitrogen and oxygen atoms in total. The maximum absolute atomic E-state index is 12.8. The fourth-order valence-corrected chi connectivity index (χ4v) is 5.97. The summed E-state index contributed by atoms with van der Waals surface area (Å²) in [5, 5.41) is 11.0. The van der Waals surface area contributed by atoms with Gasteiger partial charge in [0, 0.05) is 17.4 Å². The van der Waals surface area contributed by atoms with Gasteiger partial charge in [-0.05, 0) is 50.0 Å². The molecule has 1 aromatic rings. The van der Waals surface area contributed by atoms with E-state index in [4.69, 9.17) is 9.15 Å². The number of fused-ring (bicyclic) bond motifs is 3. The Balaban J connectivity index is 1.75. The molecule has 0 bridgehead atoms. The number of ketones is 1. The number of aliphatic hydroxyl groups is 1. The Morgan fingerprint density at radius 2 is 1.96 bits per heavy atom. The van der Waals surface area contributed by atoms with Gasteiger partial charge in [0.05, 0.1) is 18.4 Å². The van der Waals surface area contributed by atoms with Crippen molar-refractivity contribution < 1.29 is 23.8 Å². The molecule has 3 aliphatic rings. The standard InChI is InChI=1S/C20H26O5/c1-18-10-14(12-7-9-24-11-12)25-17(22)13(18)6-8-19(2)15(18)4-5-16(21)20(19,3)23/h7,9,11,13-15,23H,4-6,8,10H2,1-3H3/t13-,14-,15+,18-,19+,20+/m0/s1. The second-order valence-electron chi connectivity index (χ2n) is 8.79. The van der Waals surface area contributed by atoms with E-state index >= 15 is 0 Å². The summed E-state index contributed by atoms with van der Waals surface area (Å²) in [6.07, 6.45) is 6.03. The van der Waals surface area contributed by atoms with Gasteiger partial charge in [0.2, 0.25) is 0 Å². The van der Waals surface area contributed by atoms with Crippen LogP contribution < -0.4 is 0 Å². The minimum absolute atomic E-state index is 0.0712. The van der Waals surface area contributed by atoms with E-state index in [1.165, 1.54) is 0 Å². The first kappa shape index (κ1) is 16.8. The van der Waals surface area contributed by atoms with Crippen molar-refractivity contribution in [3.05, 3.63) is 24.2 Å². The van der Waals surface area contributed by atoms with Crippen LogP contribution in [0.15, 0.2) is 23.0 Å². The van der Waals surface area contributed by atoms with E-state index in [1.807, 2.05) is 13.0 Å². The molecule has 25 heavy (non-hydrogen) atoms. The number of carbonyl (C=O) groups excluding carboxylic acids is 2. The molecule has 3 fully saturated rings. The Hall–Kier alpha value is -1.62. The van der Waals surface area contributed by atoms with E-state index in [0.29, 0.717) is 25.7 Å². The summed E-state index contributed by atoms with van der Waals surface area (Å²) < 4.78 is 10.9. The fourth-order valence-electron chi connectivity index (χ4n) is 5.97. The van der Waals surface area contributed by atoms with Crippen LogP contribution in [-0.4, -0.2) is 22.5 Å². The first-order valence-corrected chi connectivity index (χ1v) is 9.18. The van der Waals surface area contributed by atoms with Crippen LogP contribution in [-0.2, 0) is 14.3 Å². The first-order valence-electron chi connectivity index (χ1n) is 9.18. The van der Waals surface area contributed by atoms with Gasteiger partial charge in [0.15, 0.2) is 5.78 Å². The Labute approximate surface area is 147 Å². The zero-order valence-corrected chi connectivity index (χ0v) is 15.1. The SMILES string of the molecule is C[C@]12C[C@@H](c3ccoc3)OC(=O)[C@@H]1CC[C@]1(C)[C@@H]2CCC(=O)[C@@]1(C)O. The van der Waals surface area contributed by atoms with E-state index in [0.717, 1.165) is 12.0 Å². The lowest BCUT2D eigenvalue weighted by Crippen LogP contribution is -2.65. The molecule has 5 heteroatoms. The number of hydrogen-bond acceptors (Lipinski definition) is 5. The molecular weight excluding hydrogens is 320 g/mol. The Morgan fingerprint density at radius 1 is 1.20 bits per heavy atom. The lowest BCUT2D eigenvalue weighted by Gasteiger charge is -2.63. The average Bonchev–Trinajstić information content (AvgIpc) is 3.06. The number of furan rings is 1. The minimum atomic E-state index is -1.34. The molecule has 0 radical (unpaired) electrons. The molecule has 1 N–H and O–H groups in total. The van der Waals surface area contributed by atoms with Crippen molar-refractivity contribution in [2.75, 3.05) is 0 Å². The summed E-state index contributed by atoms with van der Waals surface area (Å²) in [4.78, 5) is 25.2. The Morgan fingerprint density at radius 3 is 2.64 bits per heavy atom. The lowest BCUT2D eigenvalue weighted by molar-refractivity contribution is -0.221. The molecular formula is C20H26O5. The summed E-state index contributed by atoms with van der Waals surface area (Å²) in [7, 11) is 0. The second-order valence-corrected chi connectivity index (χ2v) is 8.79. The third-order valence-electron chi connectivity index (χ3n) is 7.71. The summed E-state index contributed by atoms with van der Waals surface area (Å²) in [5.74, 6) is -0.289. The van der Waals surface area contributed by atoms with E-state index in [2.05, 4.69) is 6.92 Å². The molecule has 1 saturated heterocycles. The predicted octanol–water partition coefficient (Wildman–Crippen LogP) is 3.42. The predicted molar refractivity (Wildman–Crippen MR) is 89.5 cm³/mol. The van der Waals surface area contributed by atoms with E-state index in [1.54, 1.807) is 19.5 Å². The van der Waals surface area contributed by atoms with Gasteiger partial charge in [0.1, 0.15) is 11.7 Å². The van der Waals surface area contributed by atoms with Gasteiger partial charge in [-0.1, -0.05) is 13.8 Å². The number of hydrogen-bond donors (Lipinski definition) is 1. The van der Waals surface area contributed by atoms with Gasteiger partial charge in [0.25, 0.3) is 0 Å². The van der Waals surface area contributed by atoms with Crippen molar-refractivity contribution in [3.63, 3.8) is 0 Å². The molecule has 0 amide bonds. The van der Waals surface area contributed by atoms with Crippen molar-refractivity contribution in [2.45, 2.75) is 64.6 Å². The smallest absolute Gasteiger partial charge is 0.310 e. The summed E-state index contributed by atoms with van der Waals surface area (Å²) in [5.41, 5.74) is -1.27. The van der Waals surface area contributed by atoms with Crippen molar-refractivity contribution in [1.29, 1.82) is 0 Å². The molecule has 0 aromatic carbocycles. The average molecular weight is 346 g/mol. The fraction of sp³-hybridized carbons (Fsp3) is 0.700. The van der Waals surface area contributed by atoms with E-state index in [-0.39, 0.29) is 35.1 Å². The van der Waals surface area contributed by atoms with Gasteiger partial charge < -0.3 is 14.3 Å². The van der Waals surface area contributed by atoms with Gasteiger partial charge >= 0.3 is 5.97 Å². The maximum atomic E-state index is 12.8. The van der Waals surface area contributed by atoms with E-state index < -0.39 is 11.0 Å². The monoisotopic (exact) mass is 346 g/mol. The molecule has 1 aliphatic heterocycles. The molecule has 0 unspecified atom stereocenters. The topological polar surface area (TPSA) is 76.7 Å². The first-order chi connectivity index (χ1) is 11.7. The highest BCUT2D eigenvalue weighted by atomic mass is 16.5. The number of esters is 1. The molecule has 2 heterocycles. The number of ether oxygens (including phenoxy) is 1. The third-order valence-corrected chi connectivity index (χ3v) is 7.71. The Kier molecular flexibility index (Phi) is 3.50. The van der Waals surface area contributed by atoms with Crippen molar-refractivity contribution in [1.82, 2.24) is 0 Å². The third kappa shape index (κ3) is 2.11. The normalized spacial score (nSPS) is 47.0. The zero-order chi connectivity index (χ0) is 18.0. The highest BCUT2D eigenvalue weighted by Gasteiger charge is 2.66. The van der Waals surface area contributed by atoms with Gasteiger partial charge in [-0.15, -0.1) is 0 Å². The Bertz CT molecular complexity index is 706. The van der Waals surface area contributed by atoms with Gasteiger partial charge in [-0.2, -0.15) is 0 Å².